The standard InChI is InChI=1S/C13H12BrNOS/c1-9-5-10(7-11(14)6-9)13(16)15-8-12-3-2-4-17-12/h2-7H,8H2,1H3,(H,15,16). The molecule has 2 rings (SSSR count). The third-order valence-electron chi connectivity index (χ3n) is 2.31. The largest absolute Gasteiger partial charge is 0.347 e. The summed E-state index contributed by atoms with van der Waals surface area (Å²) in [5.74, 6) is -0.0391. The molecule has 88 valence electrons. The Hall–Kier alpha value is -1.13. The maximum Gasteiger partial charge on any atom is 0.251 e. The van der Waals surface area contributed by atoms with Crippen LogP contribution in [0.1, 0.15) is 20.8 Å². The Morgan fingerprint density at radius 1 is 1.41 bits per heavy atom. The Bertz CT molecular complexity index is 502. The number of carbonyl (C=O) groups excluding carboxylic acids is 1. The van der Waals surface area contributed by atoms with Gasteiger partial charge in [-0.1, -0.05) is 22.0 Å². The third-order valence-corrected chi connectivity index (χ3v) is 3.64. The first-order valence-electron chi connectivity index (χ1n) is 5.23. The third kappa shape index (κ3) is 3.41. The predicted octanol–water partition coefficient (Wildman–Crippen LogP) is 3.75. The second-order valence-electron chi connectivity index (χ2n) is 3.78. The maximum absolute atomic E-state index is 11.9. The van der Waals surface area contributed by atoms with Crippen molar-refractivity contribution < 1.29 is 4.79 Å². The topological polar surface area (TPSA) is 29.1 Å². The second-order valence-corrected chi connectivity index (χ2v) is 5.73. The zero-order valence-corrected chi connectivity index (χ0v) is 11.8. The van der Waals surface area contributed by atoms with Crippen molar-refractivity contribution in [2.45, 2.75) is 13.5 Å². The van der Waals surface area contributed by atoms with E-state index < -0.39 is 0 Å². The molecule has 0 unspecified atom stereocenters. The first-order chi connectivity index (χ1) is 8.15. The zero-order chi connectivity index (χ0) is 12.3. The van der Waals surface area contributed by atoms with Gasteiger partial charge in [0.2, 0.25) is 0 Å². The van der Waals surface area contributed by atoms with E-state index in [-0.39, 0.29) is 5.91 Å². The summed E-state index contributed by atoms with van der Waals surface area (Å²) in [6, 6.07) is 9.69. The maximum atomic E-state index is 11.9. The van der Waals surface area contributed by atoms with Crippen molar-refractivity contribution >= 4 is 33.2 Å². The number of rotatable bonds is 3. The number of carbonyl (C=O) groups is 1. The molecule has 2 nitrogen and oxygen atoms in total. The number of hydrogen-bond donors (Lipinski definition) is 1. The van der Waals surface area contributed by atoms with Gasteiger partial charge in [-0.05, 0) is 42.1 Å². The van der Waals surface area contributed by atoms with Gasteiger partial charge in [-0.3, -0.25) is 4.79 Å². The van der Waals surface area contributed by atoms with Gasteiger partial charge in [0.05, 0.1) is 6.54 Å². The van der Waals surface area contributed by atoms with Crippen molar-refractivity contribution in [1.29, 1.82) is 0 Å². The Morgan fingerprint density at radius 2 is 2.24 bits per heavy atom. The van der Waals surface area contributed by atoms with Crippen LogP contribution in [0.4, 0.5) is 0 Å². The van der Waals surface area contributed by atoms with E-state index in [1.54, 1.807) is 11.3 Å². The van der Waals surface area contributed by atoms with Crippen LogP contribution in [0, 0.1) is 6.92 Å². The van der Waals surface area contributed by atoms with Crippen molar-refractivity contribution in [3.8, 4) is 0 Å². The highest BCUT2D eigenvalue weighted by atomic mass is 79.9. The molecule has 1 aromatic heterocycles. The summed E-state index contributed by atoms with van der Waals surface area (Å²) in [6.45, 7) is 2.56. The van der Waals surface area contributed by atoms with Gasteiger partial charge in [-0.15, -0.1) is 11.3 Å². The summed E-state index contributed by atoms with van der Waals surface area (Å²) < 4.78 is 0.929. The highest BCUT2D eigenvalue weighted by molar-refractivity contribution is 9.10. The van der Waals surface area contributed by atoms with Gasteiger partial charge in [0, 0.05) is 14.9 Å². The molecule has 1 N–H and O–H groups in total. The normalized spacial score (nSPS) is 10.2. The van der Waals surface area contributed by atoms with Crippen molar-refractivity contribution in [3.05, 3.63) is 56.2 Å². The minimum Gasteiger partial charge on any atom is -0.347 e. The van der Waals surface area contributed by atoms with Crippen LogP contribution in [-0.2, 0) is 6.54 Å². The summed E-state index contributed by atoms with van der Waals surface area (Å²) in [6.07, 6.45) is 0. The Balaban J connectivity index is 2.04. The summed E-state index contributed by atoms with van der Waals surface area (Å²) in [7, 11) is 0. The average Bonchev–Trinajstić information content (AvgIpc) is 2.77. The molecule has 17 heavy (non-hydrogen) atoms. The van der Waals surface area contributed by atoms with E-state index in [4.69, 9.17) is 0 Å². The Morgan fingerprint density at radius 3 is 2.88 bits per heavy atom. The molecule has 0 bridgehead atoms. The molecule has 1 amide bonds. The monoisotopic (exact) mass is 309 g/mol. The molecular formula is C13H12BrNOS. The fourth-order valence-corrected chi connectivity index (χ4v) is 2.80. The number of amides is 1. The number of benzene rings is 1. The SMILES string of the molecule is Cc1cc(Br)cc(C(=O)NCc2cccs2)c1. The van der Waals surface area contributed by atoms with E-state index in [9.17, 15) is 4.79 Å². The van der Waals surface area contributed by atoms with E-state index in [2.05, 4.69) is 21.2 Å². The Kier molecular flexibility index (Phi) is 3.97. The predicted molar refractivity (Wildman–Crippen MR) is 74.4 cm³/mol. The highest BCUT2D eigenvalue weighted by Gasteiger charge is 2.06. The lowest BCUT2D eigenvalue weighted by molar-refractivity contribution is 0.0951. The van der Waals surface area contributed by atoms with Gasteiger partial charge < -0.3 is 5.32 Å². The van der Waals surface area contributed by atoms with Crippen LogP contribution >= 0.6 is 27.3 Å². The molecule has 0 atom stereocenters. The summed E-state index contributed by atoms with van der Waals surface area (Å²) >= 11 is 5.04. The molecule has 0 fully saturated rings. The van der Waals surface area contributed by atoms with E-state index in [0.717, 1.165) is 14.9 Å². The van der Waals surface area contributed by atoms with Crippen LogP contribution in [-0.4, -0.2) is 5.91 Å². The van der Waals surface area contributed by atoms with Crippen LogP contribution in [0.3, 0.4) is 0 Å². The van der Waals surface area contributed by atoms with Gasteiger partial charge >= 0.3 is 0 Å². The lowest BCUT2D eigenvalue weighted by atomic mass is 10.1. The molecule has 0 spiro atoms. The van der Waals surface area contributed by atoms with Gasteiger partial charge in [0.25, 0.3) is 5.91 Å². The first-order valence-corrected chi connectivity index (χ1v) is 6.90. The molecule has 1 heterocycles. The van der Waals surface area contributed by atoms with Crippen molar-refractivity contribution in [1.82, 2.24) is 5.32 Å². The summed E-state index contributed by atoms with van der Waals surface area (Å²) in [4.78, 5) is 13.1. The smallest absolute Gasteiger partial charge is 0.251 e. The van der Waals surface area contributed by atoms with E-state index in [1.807, 2.05) is 42.6 Å². The van der Waals surface area contributed by atoms with Gasteiger partial charge in [0.15, 0.2) is 0 Å². The molecule has 0 saturated carbocycles. The number of halogens is 1. The fraction of sp³-hybridized carbons (Fsp3) is 0.154. The molecule has 0 aliphatic rings. The zero-order valence-electron chi connectivity index (χ0n) is 9.37. The van der Waals surface area contributed by atoms with E-state index in [1.165, 1.54) is 0 Å². The van der Waals surface area contributed by atoms with E-state index in [0.29, 0.717) is 12.1 Å². The van der Waals surface area contributed by atoms with Crippen molar-refractivity contribution in [3.63, 3.8) is 0 Å². The number of thiophene rings is 1. The number of hydrogen-bond acceptors (Lipinski definition) is 2. The summed E-state index contributed by atoms with van der Waals surface area (Å²) in [5, 5.41) is 4.91. The minimum atomic E-state index is -0.0391. The van der Waals surface area contributed by atoms with Crippen molar-refractivity contribution in [2.75, 3.05) is 0 Å². The van der Waals surface area contributed by atoms with Crippen LogP contribution in [0.5, 0.6) is 0 Å². The fourth-order valence-electron chi connectivity index (χ4n) is 1.55. The van der Waals surface area contributed by atoms with E-state index >= 15 is 0 Å². The highest BCUT2D eigenvalue weighted by Crippen LogP contribution is 2.15. The van der Waals surface area contributed by atoms with Gasteiger partial charge in [0.1, 0.15) is 0 Å². The lowest BCUT2D eigenvalue weighted by Gasteiger charge is -2.05. The molecule has 4 heteroatoms. The van der Waals surface area contributed by atoms with Gasteiger partial charge in [-0.25, -0.2) is 0 Å². The molecule has 0 aliphatic heterocycles. The minimum absolute atomic E-state index is 0.0391. The molecule has 0 aliphatic carbocycles. The first kappa shape index (κ1) is 12.3. The second kappa shape index (κ2) is 5.47. The molecule has 1 aromatic carbocycles. The number of nitrogens with one attached hydrogen (secondary N) is 1. The quantitative estimate of drug-likeness (QED) is 0.919. The average molecular weight is 310 g/mol. The molecule has 0 radical (unpaired) electrons. The van der Waals surface area contributed by atoms with Crippen LogP contribution in [0.15, 0.2) is 40.2 Å². The molecular weight excluding hydrogens is 298 g/mol. The van der Waals surface area contributed by atoms with Crippen molar-refractivity contribution in [2.24, 2.45) is 0 Å². The molecule has 2 aromatic rings. The molecule has 0 saturated heterocycles. The lowest BCUT2D eigenvalue weighted by Crippen LogP contribution is -2.22. The van der Waals surface area contributed by atoms with Crippen LogP contribution in [0.25, 0.3) is 0 Å². The summed E-state index contributed by atoms with van der Waals surface area (Å²) in [5.41, 5.74) is 1.76. The number of aryl methyl sites for hydroxylation is 1. The Labute approximate surface area is 113 Å². The van der Waals surface area contributed by atoms with Crippen LogP contribution < -0.4 is 5.32 Å². The van der Waals surface area contributed by atoms with Gasteiger partial charge in [-0.2, -0.15) is 0 Å². The van der Waals surface area contributed by atoms with Crippen LogP contribution in [0.2, 0.25) is 0 Å².